The van der Waals surface area contributed by atoms with Crippen LogP contribution in [-0.2, 0) is 0 Å². The van der Waals surface area contributed by atoms with Gasteiger partial charge in [0, 0.05) is 12.6 Å². The van der Waals surface area contributed by atoms with Crippen molar-refractivity contribution < 1.29 is 5.11 Å². The van der Waals surface area contributed by atoms with Crippen LogP contribution in [0.5, 0.6) is 0 Å². The van der Waals surface area contributed by atoms with E-state index >= 15 is 0 Å². The lowest BCUT2D eigenvalue weighted by Gasteiger charge is -2.30. The van der Waals surface area contributed by atoms with Crippen LogP contribution in [0.25, 0.3) is 0 Å². The van der Waals surface area contributed by atoms with Gasteiger partial charge in [-0.15, -0.1) is 0 Å². The Balaban J connectivity index is 2.02. The van der Waals surface area contributed by atoms with Crippen molar-refractivity contribution in [1.29, 1.82) is 0 Å². The molecule has 1 saturated heterocycles. The van der Waals surface area contributed by atoms with Gasteiger partial charge in [0.1, 0.15) is 0 Å². The molecular formula is C16H25NO. The maximum absolute atomic E-state index is 8.92. The largest absolute Gasteiger partial charge is 0.396 e. The minimum Gasteiger partial charge on any atom is -0.396 e. The zero-order valence-corrected chi connectivity index (χ0v) is 11.2. The Hall–Kier alpha value is -0.860. The molecular weight excluding hydrogens is 222 g/mol. The van der Waals surface area contributed by atoms with Gasteiger partial charge in [0.2, 0.25) is 0 Å². The van der Waals surface area contributed by atoms with Gasteiger partial charge in [-0.2, -0.15) is 0 Å². The zero-order valence-electron chi connectivity index (χ0n) is 11.2. The Kier molecular flexibility index (Phi) is 5.69. The molecule has 0 bridgehead atoms. The summed E-state index contributed by atoms with van der Waals surface area (Å²) in [6.45, 7) is 2.66. The van der Waals surface area contributed by atoms with Crippen molar-refractivity contribution in [3.05, 3.63) is 35.9 Å². The molecule has 1 aliphatic rings. The predicted octanol–water partition coefficient (Wildman–Crippen LogP) is 3.38. The van der Waals surface area contributed by atoms with Crippen molar-refractivity contribution in [1.82, 2.24) is 4.90 Å². The lowest BCUT2D eigenvalue weighted by atomic mass is 10.0. The minimum atomic E-state index is 0.323. The molecule has 0 amide bonds. The van der Waals surface area contributed by atoms with E-state index in [-0.39, 0.29) is 0 Å². The second-order valence-corrected chi connectivity index (χ2v) is 5.24. The second-order valence-electron chi connectivity index (χ2n) is 5.24. The third kappa shape index (κ3) is 3.82. The summed E-state index contributed by atoms with van der Waals surface area (Å²) in [7, 11) is 0. The number of aliphatic hydroxyl groups is 1. The van der Waals surface area contributed by atoms with E-state index in [1.54, 1.807) is 0 Å². The van der Waals surface area contributed by atoms with Crippen LogP contribution in [0.4, 0.5) is 0 Å². The molecule has 1 fully saturated rings. The van der Waals surface area contributed by atoms with Gasteiger partial charge in [0.15, 0.2) is 0 Å². The Morgan fingerprint density at radius 1 is 1.06 bits per heavy atom. The average Bonchev–Trinajstić information content (AvgIpc) is 2.66. The van der Waals surface area contributed by atoms with Crippen LogP contribution in [0, 0.1) is 0 Å². The van der Waals surface area contributed by atoms with Gasteiger partial charge < -0.3 is 5.11 Å². The Bertz CT molecular complexity index is 325. The van der Waals surface area contributed by atoms with Gasteiger partial charge in [-0.3, -0.25) is 4.90 Å². The number of likely N-dealkylation sites (tertiary alicyclic amines) is 1. The molecule has 0 radical (unpaired) electrons. The van der Waals surface area contributed by atoms with E-state index in [4.69, 9.17) is 5.11 Å². The first-order valence-electron chi connectivity index (χ1n) is 7.31. The summed E-state index contributed by atoms with van der Waals surface area (Å²) in [5.74, 6) is 0. The summed E-state index contributed by atoms with van der Waals surface area (Å²) < 4.78 is 0. The van der Waals surface area contributed by atoms with E-state index in [9.17, 15) is 0 Å². The topological polar surface area (TPSA) is 23.5 Å². The number of hydrogen-bond acceptors (Lipinski definition) is 2. The summed E-state index contributed by atoms with van der Waals surface area (Å²) in [4.78, 5) is 2.62. The Morgan fingerprint density at radius 3 is 2.67 bits per heavy atom. The monoisotopic (exact) mass is 247 g/mol. The van der Waals surface area contributed by atoms with Crippen molar-refractivity contribution in [2.45, 2.75) is 44.6 Å². The number of nitrogens with zero attached hydrogens (tertiary/aromatic N) is 1. The molecule has 0 aromatic heterocycles. The molecule has 2 rings (SSSR count). The van der Waals surface area contributed by atoms with Gasteiger partial charge in [0.05, 0.1) is 0 Å². The number of hydrogen-bond donors (Lipinski definition) is 1. The molecule has 1 N–H and O–H groups in total. The van der Waals surface area contributed by atoms with Crippen LogP contribution < -0.4 is 0 Å². The number of aliphatic hydroxyl groups excluding tert-OH is 1. The molecule has 1 aromatic carbocycles. The van der Waals surface area contributed by atoms with E-state index in [0.717, 1.165) is 19.4 Å². The smallest absolute Gasteiger partial charge is 0.0431 e. The summed E-state index contributed by atoms with van der Waals surface area (Å²) >= 11 is 0. The van der Waals surface area contributed by atoms with Gasteiger partial charge in [-0.25, -0.2) is 0 Å². The van der Waals surface area contributed by atoms with E-state index in [0.29, 0.717) is 12.6 Å². The first-order valence-corrected chi connectivity index (χ1v) is 7.31. The number of benzene rings is 1. The molecule has 100 valence electrons. The second kappa shape index (κ2) is 7.55. The minimum absolute atomic E-state index is 0.323. The van der Waals surface area contributed by atoms with E-state index in [2.05, 4.69) is 35.2 Å². The Morgan fingerprint density at radius 2 is 1.89 bits per heavy atom. The van der Waals surface area contributed by atoms with Crippen LogP contribution in [-0.4, -0.2) is 29.7 Å². The van der Waals surface area contributed by atoms with E-state index in [1.807, 2.05) is 0 Å². The highest BCUT2D eigenvalue weighted by molar-refractivity contribution is 5.19. The van der Waals surface area contributed by atoms with Crippen LogP contribution in [0.15, 0.2) is 30.3 Å². The molecule has 1 aromatic rings. The predicted molar refractivity (Wildman–Crippen MR) is 75.5 cm³/mol. The number of rotatable bonds is 5. The van der Waals surface area contributed by atoms with Gasteiger partial charge in [0.25, 0.3) is 0 Å². The van der Waals surface area contributed by atoms with Gasteiger partial charge in [-0.05, 0) is 44.3 Å². The van der Waals surface area contributed by atoms with Crippen molar-refractivity contribution in [3.8, 4) is 0 Å². The first kappa shape index (κ1) is 13.6. The molecule has 0 spiro atoms. The van der Waals surface area contributed by atoms with Crippen LogP contribution in [0.3, 0.4) is 0 Å². The average molecular weight is 247 g/mol. The van der Waals surface area contributed by atoms with Crippen LogP contribution >= 0.6 is 0 Å². The maximum atomic E-state index is 8.92. The van der Waals surface area contributed by atoms with Crippen LogP contribution in [0.2, 0.25) is 0 Å². The summed E-state index contributed by atoms with van der Waals surface area (Å²) in [5, 5.41) is 8.92. The first-order chi connectivity index (χ1) is 8.92. The van der Waals surface area contributed by atoms with Crippen molar-refractivity contribution in [2.75, 3.05) is 19.7 Å². The van der Waals surface area contributed by atoms with E-state index < -0.39 is 0 Å². The molecule has 0 saturated carbocycles. The SMILES string of the molecule is OCCCCN1CCCCCC1c1ccccc1. The molecule has 1 heterocycles. The van der Waals surface area contributed by atoms with Gasteiger partial charge >= 0.3 is 0 Å². The molecule has 0 aliphatic carbocycles. The Labute approximate surface area is 111 Å². The third-order valence-corrected chi connectivity index (χ3v) is 3.90. The van der Waals surface area contributed by atoms with Crippen molar-refractivity contribution in [3.63, 3.8) is 0 Å². The zero-order chi connectivity index (χ0) is 12.6. The van der Waals surface area contributed by atoms with Crippen molar-refractivity contribution >= 4 is 0 Å². The highest BCUT2D eigenvalue weighted by Gasteiger charge is 2.21. The highest BCUT2D eigenvalue weighted by atomic mass is 16.2. The van der Waals surface area contributed by atoms with Crippen LogP contribution in [0.1, 0.15) is 50.1 Å². The lowest BCUT2D eigenvalue weighted by Crippen LogP contribution is -2.29. The quantitative estimate of drug-likeness (QED) is 0.806. The fourth-order valence-electron chi connectivity index (χ4n) is 2.91. The highest BCUT2D eigenvalue weighted by Crippen LogP contribution is 2.30. The van der Waals surface area contributed by atoms with E-state index in [1.165, 1.54) is 37.8 Å². The standard InChI is InChI=1S/C16H25NO/c18-14-8-7-13-17-12-6-2-5-11-16(17)15-9-3-1-4-10-15/h1,3-4,9-10,16,18H,2,5-8,11-14H2. The fourth-order valence-corrected chi connectivity index (χ4v) is 2.91. The molecule has 1 unspecified atom stereocenters. The van der Waals surface area contributed by atoms with Crippen molar-refractivity contribution in [2.24, 2.45) is 0 Å². The molecule has 2 heteroatoms. The normalized spacial score (nSPS) is 21.7. The maximum Gasteiger partial charge on any atom is 0.0431 e. The molecule has 2 nitrogen and oxygen atoms in total. The molecule has 1 atom stereocenters. The van der Waals surface area contributed by atoms with Gasteiger partial charge in [-0.1, -0.05) is 43.2 Å². The fraction of sp³-hybridized carbons (Fsp3) is 0.625. The summed E-state index contributed by atoms with van der Waals surface area (Å²) in [6, 6.07) is 11.5. The summed E-state index contributed by atoms with van der Waals surface area (Å²) in [5.41, 5.74) is 1.46. The molecule has 18 heavy (non-hydrogen) atoms. The summed E-state index contributed by atoms with van der Waals surface area (Å²) in [6.07, 6.45) is 7.35. The number of unbranched alkanes of at least 4 members (excludes halogenated alkanes) is 1. The molecule has 1 aliphatic heterocycles. The third-order valence-electron chi connectivity index (χ3n) is 3.90. The lowest BCUT2D eigenvalue weighted by molar-refractivity contribution is 0.189.